The van der Waals surface area contributed by atoms with Crippen molar-refractivity contribution < 1.29 is 18.3 Å². The van der Waals surface area contributed by atoms with Crippen molar-refractivity contribution in [2.75, 3.05) is 27.2 Å². The molecule has 0 saturated heterocycles. The Labute approximate surface area is 153 Å². The van der Waals surface area contributed by atoms with E-state index in [0.717, 1.165) is 5.56 Å². The topological polar surface area (TPSA) is 41.6 Å². The minimum atomic E-state index is -0.542. The normalized spacial score (nSPS) is 12.1. The van der Waals surface area contributed by atoms with Crippen molar-refractivity contribution in [1.29, 1.82) is 0 Å². The smallest absolute Gasteiger partial charge is 0.258 e. The van der Waals surface area contributed by atoms with Crippen LogP contribution in [0.2, 0.25) is 0 Å². The molecular weight excluding hydrogens is 394 g/mol. The second-order valence-electron chi connectivity index (χ2n) is 5.70. The number of carbonyl (C=O) groups excluding carboxylic acids is 1. The summed E-state index contributed by atoms with van der Waals surface area (Å²) >= 11 is 3.15. The van der Waals surface area contributed by atoms with E-state index in [9.17, 15) is 13.6 Å². The van der Waals surface area contributed by atoms with Gasteiger partial charge in [-0.05, 0) is 50.0 Å². The zero-order valence-electron chi connectivity index (χ0n) is 13.9. The number of hydrogen-bond donors (Lipinski definition) is 1. The molecule has 0 spiro atoms. The quantitative estimate of drug-likeness (QED) is 0.756. The Morgan fingerprint density at radius 2 is 1.88 bits per heavy atom. The van der Waals surface area contributed by atoms with Gasteiger partial charge >= 0.3 is 0 Å². The zero-order valence-corrected chi connectivity index (χ0v) is 15.5. The molecule has 134 valence electrons. The van der Waals surface area contributed by atoms with E-state index in [-0.39, 0.29) is 30.1 Å². The summed E-state index contributed by atoms with van der Waals surface area (Å²) in [5.74, 6) is -1.20. The molecule has 7 heteroatoms. The minimum Gasteiger partial charge on any atom is -0.481 e. The molecule has 0 aliphatic heterocycles. The van der Waals surface area contributed by atoms with Gasteiger partial charge in [-0.15, -0.1) is 0 Å². The Bertz CT molecular complexity index is 724. The standard InChI is InChI=1S/C18H19BrF2N2O2/c1-23(2)16(12-3-6-14(20)7-4-12)10-22-18(24)11-25-17-8-5-13(19)9-15(17)21/h3-9,16H,10-11H2,1-2H3,(H,22,24). The van der Waals surface area contributed by atoms with Crippen molar-refractivity contribution in [2.24, 2.45) is 0 Å². The number of halogens is 3. The van der Waals surface area contributed by atoms with E-state index in [0.29, 0.717) is 11.0 Å². The largest absolute Gasteiger partial charge is 0.481 e. The van der Waals surface area contributed by atoms with E-state index >= 15 is 0 Å². The fraction of sp³-hybridized carbons (Fsp3) is 0.278. The number of ether oxygens (including phenoxy) is 1. The van der Waals surface area contributed by atoms with Crippen molar-refractivity contribution in [3.05, 3.63) is 64.1 Å². The summed E-state index contributed by atoms with van der Waals surface area (Å²) in [7, 11) is 3.74. The predicted molar refractivity (Wildman–Crippen MR) is 95.4 cm³/mol. The lowest BCUT2D eigenvalue weighted by Gasteiger charge is -2.25. The van der Waals surface area contributed by atoms with Crippen LogP contribution >= 0.6 is 15.9 Å². The van der Waals surface area contributed by atoms with Crippen LogP contribution in [0, 0.1) is 11.6 Å². The molecule has 1 atom stereocenters. The highest BCUT2D eigenvalue weighted by molar-refractivity contribution is 9.10. The Hall–Kier alpha value is -1.99. The predicted octanol–water partition coefficient (Wildman–Crippen LogP) is 3.53. The first kappa shape index (κ1) is 19.3. The number of nitrogens with zero attached hydrogens (tertiary/aromatic N) is 1. The van der Waals surface area contributed by atoms with E-state index < -0.39 is 5.82 Å². The van der Waals surface area contributed by atoms with Gasteiger partial charge in [-0.1, -0.05) is 28.1 Å². The van der Waals surface area contributed by atoms with Crippen molar-refractivity contribution in [1.82, 2.24) is 10.2 Å². The van der Waals surface area contributed by atoms with Gasteiger partial charge in [-0.3, -0.25) is 4.79 Å². The lowest BCUT2D eigenvalue weighted by atomic mass is 10.1. The highest BCUT2D eigenvalue weighted by atomic mass is 79.9. The molecule has 0 radical (unpaired) electrons. The molecule has 2 rings (SSSR count). The summed E-state index contributed by atoms with van der Waals surface area (Å²) in [6, 6.07) is 10.4. The van der Waals surface area contributed by atoms with E-state index in [1.807, 2.05) is 19.0 Å². The van der Waals surface area contributed by atoms with Crippen molar-refractivity contribution in [3.63, 3.8) is 0 Å². The summed E-state index contributed by atoms with van der Waals surface area (Å²) in [5, 5.41) is 2.75. The van der Waals surface area contributed by atoms with Gasteiger partial charge in [-0.2, -0.15) is 0 Å². The molecule has 0 bridgehead atoms. The molecule has 0 saturated carbocycles. The van der Waals surface area contributed by atoms with E-state index in [1.54, 1.807) is 18.2 Å². The molecule has 1 amide bonds. The first-order chi connectivity index (χ1) is 11.9. The lowest BCUT2D eigenvalue weighted by molar-refractivity contribution is -0.123. The second kappa shape index (κ2) is 8.92. The first-order valence-electron chi connectivity index (χ1n) is 7.63. The average molecular weight is 413 g/mol. The highest BCUT2D eigenvalue weighted by Gasteiger charge is 2.16. The van der Waals surface area contributed by atoms with Crippen LogP contribution in [0.1, 0.15) is 11.6 Å². The van der Waals surface area contributed by atoms with Crippen LogP contribution in [0.3, 0.4) is 0 Å². The maximum atomic E-state index is 13.7. The number of hydrogen-bond acceptors (Lipinski definition) is 3. The van der Waals surface area contributed by atoms with Crippen LogP contribution in [-0.4, -0.2) is 38.1 Å². The lowest BCUT2D eigenvalue weighted by Crippen LogP contribution is -2.36. The number of likely N-dealkylation sites (N-methyl/N-ethyl adjacent to an activating group) is 1. The van der Waals surface area contributed by atoms with Crippen LogP contribution in [-0.2, 0) is 4.79 Å². The van der Waals surface area contributed by atoms with Crippen molar-refractivity contribution >= 4 is 21.8 Å². The average Bonchev–Trinajstić information content (AvgIpc) is 2.55. The molecule has 0 aromatic heterocycles. The van der Waals surface area contributed by atoms with Gasteiger partial charge in [0.25, 0.3) is 5.91 Å². The van der Waals surface area contributed by atoms with Crippen molar-refractivity contribution in [3.8, 4) is 5.75 Å². The number of carbonyl (C=O) groups is 1. The Balaban J connectivity index is 1.89. The third-order valence-corrected chi connectivity index (χ3v) is 4.12. The van der Waals surface area contributed by atoms with Crippen LogP contribution in [0.5, 0.6) is 5.75 Å². The fourth-order valence-electron chi connectivity index (χ4n) is 2.28. The van der Waals surface area contributed by atoms with E-state index in [1.165, 1.54) is 24.3 Å². The summed E-state index contributed by atoms with van der Waals surface area (Å²) in [4.78, 5) is 13.9. The van der Waals surface area contributed by atoms with Crippen LogP contribution in [0.15, 0.2) is 46.9 Å². The van der Waals surface area contributed by atoms with Gasteiger partial charge in [0.15, 0.2) is 18.2 Å². The Morgan fingerprint density at radius 3 is 2.48 bits per heavy atom. The molecule has 0 fully saturated rings. The maximum Gasteiger partial charge on any atom is 0.258 e. The highest BCUT2D eigenvalue weighted by Crippen LogP contribution is 2.21. The summed E-state index contributed by atoms with van der Waals surface area (Å²) in [6.45, 7) is 0.0335. The third-order valence-electron chi connectivity index (χ3n) is 3.62. The molecule has 2 aromatic rings. The third kappa shape index (κ3) is 5.79. The molecule has 25 heavy (non-hydrogen) atoms. The van der Waals surface area contributed by atoms with Gasteiger partial charge in [-0.25, -0.2) is 8.78 Å². The first-order valence-corrected chi connectivity index (χ1v) is 8.42. The molecule has 0 aliphatic rings. The van der Waals surface area contributed by atoms with Gasteiger partial charge in [0.1, 0.15) is 5.82 Å². The van der Waals surface area contributed by atoms with Crippen LogP contribution in [0.25, 0.3) is 0 Å². The fourth-order valence-corrected chi connectivity index (χ4v) is 2.61. The van der Waals surface area contributed by atoms with Crippen LogP contribution < -0.4 is 10.1 Å². The van der Waals surface area contributed by atoms with Gasteiger partial charge < -0.3 is 15.0 Å². The monoisotopic (exact) mass is 412 g/mol. The molecule has 0 aliphatic carbocycles. The number of amides is 1. The van der Waals surface area contributed by atoms with E-state index in [2.05, 4.69) is 21.2 Å². The molecular formula is C18H19BrF2N2O2. The van der Waals surface area contributed by atoms with Gasteiger partial charge in [0.05, 0.1) is 6.04 Å². The number of benzene rings is 2. The molecule has 4 nitrogen and oxygen atoms in total. The van der Waals surface area contributed by atoms with Crippen molar-refractivity contribution in [2.45, 2.75) is 6.04 Å². The number of nitrogens with one attached hydrogen (secondary N) is 1. The molecule has 1 N–H and O–H groups in total. The Morgan fingerprint density at radius 1 is 1.20 bits per heavy atom. The van der Waals surface area contributed by atoms with E-state index in [4.69, 9.17) is 4.74 Å². The maximum absolute atomic E-state index is 13.7. The molecule has 0 heterocycles. The molecule has 2 aromatic carbocycles. The van der Waals surface area contributed by atoms with Gasteiger partial charge in [0.2, 0.25) is 0 Å². The van der Waals surface area contributed by atoms with Gasteiger partial charge in [0, 0.05) is 11.0 Å². The summed E-state index contributed by atoms with van der Waals surface area (Å²) < 4.78 is 32.5. The minimum absolute atomic E-state index is 0.0149. The summed E-state index contributed by atoms with van der Waals surface area (Å²) in [5.41, 5.74) is 0.881. The molecule has 1 unspecified atom stereocenters. The van der Waals surface area contributed by atoms with Crippen LogP contribution in [0.4, 0.5) is 8.78 Å². The number of rotatable bonds is 7. The zero-order chi connectivity index (χ0) is 18.4. The SMILES string of the molecule is CN(C)C(CNC(=O)COc1ccc(Br)cc1F)c1ccc(F)cc1. The second-order valence-corrected chi connectivity index (χ2v) is 6.61. The summed E-state index contributed by atoms with van der Waals surface area (Å²) in [6.07, 6.45) is 0. The Kier molecular flexibility index (Phi) is 6.90.